The number of furan rings is 1. The van der Waals surface area contributed by atoms with Gasteiger partial charge in [-0.05, 0) is 43.7 Å². The summed E-state index contributed by atoms with van der Waals surface area (Å²) in [4.78, 5) is 0. The zero-order chi connectivity index (χ0) is 13.7. The van der Waals surface area contributed by atoms with Crippen molar-refractivity contribution < 1.29 is 9.15 Å². The zero-order valence-corrected chi connectivity index (χ0v) is 11.9. The van der Waals surface area contributed by atoms with Crippen molar-refractivity contribution in [2.24, 2.45) is 0 Å². The van der Waals surface area contributed by atoms with Crippen molar-refractivity contribution in [3.05, 3.63) is 52.9 Å². The molecular formula is C15H18ClNO2. The minimum Gasteiger partial charge on any atom is -0.489 e. The molecule has 0 unspecified atom stereocenters. The maximum Gasteiger partial charge on any atom is 0.138 e. The van der Waals surface area contributed by atoms with Crippen molar-refractivity contribution in [1.82, 2.24) is 5.32 Å². The second-order valence-corrected chi connectivity index (χ2v) is 5.02. The number of ether oxygens (including phenoxy) is 1. The highest BCUT2D eigenvalue weighted by Crippen LogP contribution is 2.26. The quantitative estimate of drug-likeness (QED) is 0.867. The Balaban J connectivity index is 1.89. The third kappa shape index (κ3) is 4.30. The fourth-order valence-electron chi connectivity index (χ4n) is 1.75. The molecule has 0 amide bonds. The molecule has 2 rings (SSSR count). The van der Waals surface area contributed by atoms with Crippen molar-refractivity contribution >= 4 is 11.6 Å². The van der Waals surface area contributed by atoms with E-state index in [-0.39, 0.29) is 6.10 Å². The van der Waals surface area contributed by atoms with E-state index in [2.05, 4.69) is 5.32 Å². The van der Waals surface area contributed by atoms with Crippen LogP contribution in [-0.4, -0.2) is 6.10 Å². The average molecular weight is 280 g/mol. The largest absolute Gasteiger partial charge is 0.489 e. The minimum absolute atomic E-state index is 0.125. The van der Waals surface area contributed by atoms with Crippen LogP contribution < -0.4 is 10.1 Å². The van der Waals surface area contributed by atoms with Gasteiger partial charge >= 0.3 is 0 Å². The van der Waals surface area contributed by atoms with E-state index >= 15 is 0 Å². The van der Waals surface area contributed by atoms with E-state index in [4.69, 9.17) is 20.8 Å². The fraction of sp³-hybridized carbons (Fsp3) is 0.333. The van der Waals surface area contributed by atoms with Crippen LogP contribution in [0.1, 0.15) is 25.2 Å². The zero-order valence-electron chi connectivity index (χ0n) is 11.2. The number of rotatable bonds is 6. The van der Waals surface area contributed by atoms with Gasteiger partial charge in [-0.3, -0.25) is 0 Å². The highest BCUT2D eigenvalue weighted by Gasteiger charge is 2.05. The summed E-state index contributed by atoms with van der Waals surface area (Å²) in [6.45, 7) is 5.40. The molecular weight excluding hydrogens is 262 g/mol. The second-order valence-electron chi connectivity index (χ2n) is 4.61. The molecule has 1 heterocycles. The molecule has 0 radical (unpaired) electrons. The van der Waals surface area contributed by atoms with Gasteiger partial charge in [-0.1, -0.05) is 17.7 Å². The molecule has 0 aliphatic heterocycles. The average Bonchev–Trinajstić information content (AvgIpc) is 2.85. The molecule has 0 aliphatic carbocycles. The van der Waals surface area contributed by atoms with Crippen LogP contribution in [0, 0.1) is 0 Å². The summed E-state index contributed by atoms with van der Waals surface area (Å²) < 4.78 is 10.8. The molecule has 0 atom stereocenters. The van der Waals surface area contributed by atoms with E-state index in [1.165, 1.54) is 0 Å². The maximum atomic E-state index is 6.18. The summed E-state index contributed by atoms with van der Waals surface area (Å²) in [5.74, 6) is 1.65. The van der Waals surface area contributed by atoms with E-state index in [0.29, 0.717) is 11.6 Å². The Hall–Kier alpha value is -1.45. The predicted octanol–water partition coefficient (Wildman–Crippen LogP) is 4.01. The number of hydrogen-bond acceptors (Lipinski definition) is 3. The third-order valence-electron chi connectivity index (χ3n) is 2.57. The topological polar surface area (TPSA) is 34.4 Å². The summed E-state index contributed by atoms with van der Waals surface area (Å²) in [6, 6.07) is 9.67. The van der Waals surface area contributed by atoms with E-state index < -0.39 is 0 Å². The first kappa shape index (κ1) is 14.0. The Morgan fingerprint density at radius 2 is 2.11 bits per heavy atom. The van der Waals surface area contributed by atoms with Crippen LogP contribution in [0.15, 0.2) is 41.0 Å². The molecule has 0 fully saturated rings. The highest BCUT2D eigenvalue weighted by atomic mass is 35.5. The number of nitrogens with one attached hydrogen (secondary N) is 1. The van der Waals surface area contributed by atoms with Gasteiger partial charge in [0.15, 0.2) is 0 Å². The van der Waals surface area contributed by atoms with Crippen LogP contribution in [0.2, 0.25) is 5.02 Å². The standard InChI is InChI=1S/C15H18ClNO2/c1-11(2)19-15-6-5-12(8-14(15)16)9-17-10-13-4-3-7-18-13/h3-8,11,17H,9-10H2,1-2H3. The van der Waals surface area contributed by atoms with Gasteiger partial charge in [0.25, 0.3) is 0 Å². The van der Waals surface area contributed by atoms with E-state index in [1.54, 1.807) is 6.26 Å². The Kier molecular flexibility index (Phi) is 4.88. The van der Waals surface area contributed by atoms with E-state index in [1.807, 2.05) is 44.2 Å². The molecule has 0 saturated heterocycles. The lowest BCUT2D eigenvalue weighted by Gasteiger charge is -2.12. The number of hydrogen-bond donors (Lipinski definition) is 1. The monoisotopic (exact) mass is 279 g/mol. The molecule has 3 nitrogen and oxygen atoms in total. The Labute approximate surface area is 118 Å². The summed E-state index contributed by atoms with van der Waals surface area (Å²) in [7, 11) is 0. The molecule has 4 heteroatoms. The van der Waals surface area contributed by atoms with Crippen molar-refractivity contribution in [1.29, 1.82) is 0 Å². The first-order chi connectivity index (χ1) is 9.15. The van der Waals surface area contributed by atoms with Crippen molar-refractivity contribution in [3.8, 4) is 5.75 Å². The second kappa shape index (κ2) is 6.64. The normalized spacial score (nSPS) is 10.9. The van der Waals surface area contributed by atoms with Crippen molar-refractivity contribution in [2.45, 2.75) is 33.0 Å². The SMILES string of the molecule is CC(C)Oc1ccc(CNCc2ccco2)cc1Cl. The van der Waals surface area contributed by atoms with Crippen LogP contribution >= 0.6 is 11.6 Å². The smallest absolute Gasteiger partial charge is 0.138 e. The predicted molar refractivity (Wildman–Crippen MR) is 76.5 cm³/mol. The lowest BCUT2D eigenvalue weighted by atomic mass is 10.2. The van der Waals surface area contributed by atoms with Gasteiger partial charge in [-0.15, -0.1) is 0 Å². The van der Waals surface area contributed by atoms with Crippen LogP contribution in [0.4, 0.5) is 0 Å². The fourth-order valence-corrected chi connectivity index (χ4v) is 1.99. The molecule has 0 saturated carbocycles. The molecule has 0 spiro atoms. The highest BCUT2D eigenvalue weighted by molar-refractivity contribution is 6.32. The molecule has 102 valence electrons. The number of halogens is 1. The Bertz CT molecular complexity index is 509. The van der Waals surface area contributed by atoms with Crippen molar-refractivity contribution in [3.63, 3.8) is 0 Å². The summed E-state index contributed by atoms with van der Waals surface area (Å²) in [5, 5.41) is 3.94. The lowest BCUT2D eigenvalue weighted by molar-refractivity contribution is 0.242. The molecule has 0 bridgehead atoms. The van der Waals surface area contributed by atoms with Gasteiger partial charge in [0.05, 0.1) is 23.9 Å². The first-order valence-electron chi connectivity index (χ1n) is 6.33. The molecule has 2 aromatic rings. The van der Waals surface area contributed by atoms with Crippen LogP contribution in [0.5, 0.6) is 5.75 Å². The maximum absolute atomic E-state index is 6.18. The van der Waals surface area contributed by atoms with E-state index in [9.17, 15) is 0 Å². The lowest BCUT2D eigenvalue weighted by Crippen LogP contribution is -2.12. The third-order valence-corrected chi connectivity index (χ3v) is 2.86. The van der Waals surface area contributed by atoms with Crippen LogP contribution in [0.3, 0.4) is 0 Å². The van der Waals surface area contributed by atoms with Crippen LogP contribution in [-0.2, 0) is 13.1 Å². The molecule has 1 N–H and O–H groups in total. The molecule has 1 aromatic carbocycles. The minimum atomic E-state index is 0.125. The van der Waals surface area contributed by atoms with Gasteiger partial charge < -0.3 is 14.5 Å². The van der Waals surface area contributed by atoms with Crippen LogP contribution in [0.25, 0.3) is 0 Å². The molecule has 0 aliphatic rings. The summed E-state index contributed by atoms with van der Waals surface area (Å²) in [6.07, 6.45) is 1.80. The van der Waals surface area contributed by atoms with E-state index in [0.717, 1.165) is 23.6 Å². The van der Waals surface area contributed by atoms with Gasteiger partial charge in [0, 0.05) is 6.54 Å². The number of benzene rings is 1. The molecule has 19 heavy (non-hydrogen) atoms. The van der Waals surface area contributed by atoms with Gasteiger partial charge in [-0.2, -0.15) is 0 Å². The summed E-state index contributed by atoms with van der Waals surface area (Å²) in [5.41, 5.74) is 1.12. The Morgan fingerprint density at radius 1 is 1.26 bits per heavy atom. The van der Waals surface area contributed by atoms with Gasteiger partial charge in [-0.25, -0.2) is 0 Å². The Morgan fingerprint density at radius 3 is 2.74 bits per heavy atom. The van der Waals surface area contributed by atoms with Gasteiger partial charge in [0.1, 0.15) is 11.5 Å². The molecule has 1 aromatic heterocycles. The first-order valence-corrected chi connectivity index (χ1v) is 6.71. The summed E-state index contributed by atoms with van der Waals surface area (Å²) >= 11 is 6.18. The van der Waals surface area contributed by atoms with Crippen molar-refractivity contribution in [2.75, 3.05) is 0 Å². The van der Waals surface area contributed by atoms with Gasteiger partial charge in [0.2, 0.25) is 0 Å².